The lowest BCUT2D eigenvalue weighted by atomic mass is 10.1. The zero-order valence-electron chi connectivity index (χ0n) is 11.8. The number of ether oxygens (including phenoxy) is 1. The Balaban J connectivity index is 1.58. The smallest absolute Gasteiger partial charge is 0.229 e. The van der Waals surface area contributed by atoms with Gasteiger partial charge in [-0.15, -0.1) is 0 Å². The number of hydrogen-bond acceptors (Lipinski definition) is 4. The predicted octanol–water partition coefficient (Wildman–Crippen LogP) is 1.17. The molecule has 0 spiro atoms. The molecule has 0 aliphatic carbocycles. The topological polar surface area (TPSA) is 68.2 Å². The molecule has 2 fully saturated rings. The van der Waals surface area contributed by atoms with Crippen molar-refractivity contribution in [2.45, 2.75) is 38.3 Å². The molecule has 6 heteroatoms. The number of hydrogen-bond donors (Lipinski definition) is 2. The second-order valence-corrected chi connectivity index (χ2v) is 5.76. The molecule has 2 aliphatic heterocycles. The molecule has 1 aromatic rings. The van der Waals surface area contributed by atoms with Crippen LogP contribution in [0.25, 0.3) is 0 Å². The van der Waals surface area contributed by atoms with E-state index in [2.05, 4.69) is 15.7 Å². The molecule has 0 saturated carbocycles. The van der Waals surface area contributed by atoms with E-state index in [0.29, 0.717) is 12.6 Å². The van der Waals surface area contributed by atoms with E-state index in [1.807, 2.05) is 17.8 Å². The average Bonchev–Trinajstić information content (AvgIpc) is 3.09. The maximum atomic E-state index is 12.1. The standard InChI is InChI=1S/C14H22N4O2/c1-10-6-11(9-20-10)14(19)17-12-7-16-18(8-12)13-2-4-15-5-3-13/h7-8,10-11,13,15H,2-6,9H2,1H3,(H,17,19). The number of piperidine rings is 1. The number of carbonyl (C=O) groups excluding carboxylic acids is 1. The summed E-state index contributed by atoms with van der Waals surface area (Å²) in [5.41, 5.74) is 0.785. The molecule has 20 heavy (non-hydrogen) atoms. The van der Waals surface area contributed by atoms with Crippen molar-refractivity contribution in [1.82, 2.24) is 15.1 Å². The van der Waals surface area contributed by atoms with E-state index in [1.165, 1.54) is 0 Å². The summed E-state index contributed by atoms with van der Waals surface area (Å²) in [6, 6.07) is 0.441. The van der Waals surface area contributed by atoms with Gasteiger partial charge in [-0.2, -0.15) is 5.10 Å². The van der Waals surface area contributed by atoms with Crippen molar-refractivity contribution in [3.63, 3.8) is 0 Å². The highest BCUT2D eigenvalue weighted by Gasteiger charge is 2.28. The molecule has 3 rings (SSSR count). The third-order valence-electron chi connectivity index (χ3n) is 4.12. The summed E-state index contributed by atoms with van der Waals surface area (Å²) in [6.45, 7) is 4.59. The van der Waals surface area contributed by atoms with Gasteiger partial charge in [0.1, 0.15) is 0 Å². The molecule has 2 atom stereocenters. The summed E-state index contributed by atoms with van der Waals surface area (Å²) in [5, 5.41) is 10.7. The highest BCUT2D eigenvalue weighted by molar-refractivity contribution is 5.92. The van der Waals surface area contributed by atoms with Crippen molar-refractivity contribution in [2.75, 3.05) is 25.0 Å². The molecule has 1 aromatic heterocycles. The number of nitrogens with one attached hydrogen (secondary N) is 2. The number of carbonyl (C=O) groups is 1. The lowest BCUT2D eigenvalue weighted by molar-refractivity contribution is -0.119. The van der Waals surface area contributed by atoms with Crippen LogP contribution in [0.5, 0.6) is 0 Å². The van der Waals surface area contributed by atoms with Gasteiger partial charge < -0.3 is 15.4 Å². The van der Waals surface area contributed by atoms with Crippen molar-refractivity contribution in [3.05, 3.63) is 12.4 Å². The molecule has 110 valence electrons. The van der Waals surface area contributed by atoms with Gasteiger partial charge >= 0.3 is 0 Å². The first-order valence-corrected chi connectivity index (χ1v) is 7.39. The van der Waals surface area contributed by atoms with Crippen LogP contribution in [0, 0.1) is 5.92 Å². The molecular formula is C14H22N4O2. The second-order valence-electron chi connectivity index (χ2n) is 5.76. The van der Waals surface area contributed by atoms with Gasteiger partial charge in [0, 0.05) is 6.20 Å². The second kappa shape index (κ2) is 5.93. The van der Waals surface area contributed by atoms with Gasteiger partial charge in [-0.3, -0.25) is 9.48 Å². The number of rotatable bonds is 3. The van der Waals surface area contributed by atoms with Crippen molar-refractivity contribution in [3.8, 4) is 0 Å². The zero-order chi connectivity index (χ0) is 13.9. The minimum absolute atomic E-state index is 0.0350. The van der Waals surface area contributed by atoms with Crippen LogP contribution in [0.15, 0.2) is 12.4 Å². The molecular weight excluding hydrogens is 256 g/mol. The molecule has 0 bridgehead atoms. The SMILES string of the molecule is CC1CC(C(=O)Nc2cnn(C3CCNCC3)c2)CO1. The van der Waals surface area contributed by atoms with Gasteiger partial charge in [-0.05, 0) is 39.3 Å². The summed E-state index contributed by atoms with van der Waals surface area (Å²) in [6.07, 6.45) is 6.83. The van der Waals surface area contributed by atoms with Crippen LogP contribution < -0.4 is 10.6 Å². The van der Waals surface area contributed by atoms with Crippen LogP contribution >= 0.6 is 0 Å². The first-order valence-electron chi connectivity index (χ1n) is 7.39. The Morgan fingerprint density at radius 2 is 2.30 bits per heavy atom. The molecule has 2 unspecified atom stereocenters. The molecule has 2 saturated heterocycles. The summed E-state index contributed by atoms with van der Waals surface area (Å²) in [4.78, 5) is 12.1. The molecule has 6 nitrogen and oxygen atoms in total. The van der Waals surface area contributed by atoms with Gasteiger partial charge in [0.25, 0.3) is 0 Å². The quantitative estimate of drug-likeness (QED) is 0.871. The van der Waals surface area contributed by atoms with E-state index in [4.69, 9.17) is 4.74 Å². The Labute approximate surface area is 118 Å². The molecule has 0 radical (unpaired) electrons. The third kappa shape index (κ3) is 3.02. The van der Waals surface area contributed by atoms with Crippen LogP contribution in [0.3, 0.4) is 0 Å². The van der Waals surface area contributed by atoms with Crippen molar-refractivity contribution < 1.29 is 9.53 Å². The van der Waals surface area contributed by atoms with E-state index in [-0.39, 0.29) is 17.9 Å². The molecule has 1 amide bonds. The number of amides is 1. The number of nitrogens with zero attached hydrogens (tertiary/aromatic N) is 2. The van der Waals surface area contributed by atoms with Gasteiger partial charge in [0.15, 0.2) is 0 Å². The summed E-state index contributed by atoms with van der Waals surface area (Å²) in [5.74, 6) is 0.00596. The number of anilines is 1. The Morgan fingerprint density at radius 3 is 3.00 bits per heavy atom. The highest BCUT2D eigenvalue weighted by Crippen LogP contribution is 2.22. The Bertz CT molecular complexity index is 467. The van der Waals surface area contributed by atoms with Gasteiger partial charge in [-0.1, -0.05) is 0 Å². The fourth-order valence-corrected chi connectivity index (χ4v) is 2.92. The van der Waals surface area contributed by atoms with Gasteiger partial charge in [0.2, 0.25) is 5.91 Å². The summed E-state index contributed by atoms with van der Waals surface area (Å²) >= 11 is 0. The molecule has 3 heterocycles. The maximum absolute atomic E-state index is 12.1. The Morgan fingerprint density at radius 1 is 1.50 bits per heavy atom. The van der Waals surface area contributed by atoms with Gasteiger partial charge in [-0.25, -0.2) is 0 Å². The first-order chi connectivity index (χ1) is 9.72. The van der Waals surface area contributed by atoms with Crippen LogP contribution in [-0.2, 0) is 9.53 Å². The average molecular weight is 278 g/mol. The molecule has 0 aromatic carbocycles. The predicted molar refractivity (Wildman–Crippen MR) is 75.5 cm³/mol. The van der Waals surface area contributed by atoms with Crippen molar-refractivity contribution >= 4 is 11.6 Å². The van der Waals surface area contributed by atoms with Crippen molar-refractivity contribution in [1.29, 1.82) is 0 Å². The van der Waals surface area contributed by atoms with Crippen LogP contribution in [-0.4, -0.2) is 41.5 Å². The number of aromatic nitrogens is 2. The van der Waals surface area contributed by atoms with Crippen molar-refractivity contribution in [2.24, 2.45) is 5.92 Å². The van der Waals surface area contributed by atoms with E-state index < -0.39 is 0 Å². The summed E-state index contributed by atoms with van der Waals surface area (Å²) in [7, 11) is 0. The fourth-order valence-electron chi connectivity index (χ4n) is 2.92. The molecule has 2 aliphatic rings. The molecule has 2 N–H and O–H groups in total. The van der Waals surface area contributed by atoms with E-state index >= 15 is 0 Å². The zero-order valence-corrected chi connectivity index (χ0v) is 11.8. The van der Waals surface area contributed by atoms with E-state index in [0.717, 1.165) is 38.0 Å². The maximum Gasteiger partial charge on any atom is 0.229 e. The van der Waals surface area contributed by atoms with Crippen LogP contribution in [0.1, 0.15) is 32.2 Å². The normalized spacial score (nSPS) is 27.6. The third-order valence-corrected chi connectivity index (χ3v) is 4.12. The first kappa shape index (κ1) is 13.6. The Kier molecular flexibility index (Phi) is 4.03. The summed E-state index contributed by atoms with van der Waals surface area (Å²) < 4.78 is 7.41. The Hall–Kier alpha value is -1.40. The highest BCUT2D eigenvalue weighted by atomic mass is 16.5. The lowest BCUT2D eigenvalue weighted by Gasteiger charge is -2.22. The van der Waals surface area contributed by atoms with Gasteiger partial charge in [0.05, 0.1) is 36.6 Å². The monoisotopic (exact) mass is 278 g/mol. The minimum Gasteiger partial charge on any atom is -0.378 e. The largest absolute Gasteiger partial charge is 0.378 e. The van der Waals surface area contributed by atoms with E-state index in [9.17, 15) is 4.79 Å². The van der Waals surface area contributed by atoms with E-state index in [1.54, 1.807) is 6.20 Å². The minimum atomic E-state index is -0.0350. The van der Waals surface area contributed by atoms with Crippen LogP contribution in [0.2, 0.25) is 0 Å². The van der Waals surface area contributed by atoms with Crippen LogP contribution in [0.4, 0.5) is 5.69 Å². The lowest BCUT2D eigenvalue weighted by Crippen LogP contribution is -2.29. The fraction of sp³-hybridized carbons (Fsp3) is 0.714.